The van der Waals surface area contributed by atoms with Crippen LogP contribution in [0.25, 0.3) is 0 Å². The van der Waals surface area contributed by atoms with E-state index in [1.54, 1.807) is 18.7 Å². The summed E-state index contributed by atoms with van der Waals surface area (Å²) in [4.78, 5) is 27.7. The van der Waals surface area contributed by atoms with Crippen molar-refractivity contribution in [1.29, 1.82) is 0 Å². The molecule has 0 bridgehead atoms. The molecule has 0 spiro atoms. The van der Waals surface area contributed by atoms with Gasteiger partial charge < -0.3 is 10.1 Å². The van der Waals surface area contributed by atoms with Crippen LogP contribution >= 0.6 is 11.8 Å². The minimum Gasteiger partial charge on any atom is -0.467 e. The third kappa shape index (κ3) is 3.39. The molecule has 1 heterocycles. The number of rotatable bonds is 4. The van der Waals surface area contributed by atoms with Gasteiger partial charge in [-0.05, 0) is 6.92 Å². The molecule has 0 aliphatic carbocycles. The first kappa shape index (κ1) is 14.6. The van der Waals surface area contributed by atoms with Crippen molar-refractivity contribution in [3.63, 3.8) is 0 Å². The van der Waals surface area contributed by atoms with E-state index in [-0.39, 0.29) is 5.91 Å². The lowest BCUT2D eigenvalue weighted by Gasteiger charge is -2.13. The predicted octanol–water partition coefficient (Wildman–Crippen LogP) is 1.23. The number of methoxy groups -OCH3 is 1. The summed E-state index contributed by atoms with van der Waals surface area (Å²) >= 11 is 1.55. The van der Waals surface area contributed by atoms with Gasteiger partial charge in [-0.1, -0.05) is 30.3 Å². The second-order valence-corrected chi connectivity index (χ2v) is 5.39. The molecule has 2 unspecified atom stereocenters. The van der Waals surface area contributed by atoms with Gasteiger partial charge in [0.05, 0.1) is 12.2 Å². The highest BCUT2D eigenvalue weighted by Crippen LogP contribution is 2.23. The van der Waals surface area contributed by atoms with Crippen LogP contribution in [0.5, 0.6) is 0 Å². The zero-order valence-electron chi connectivity index (χ0n) is 11.3. The van der Waals surface area contributed by atoms with E-state index in [0.29, 0.717) is 5.75 Å². The lowest BCUT2D eigenvalue weighted by Crippen LogP contribution is -2.43. The van der Waals surface area contributed by atoms with Crippen molar-refractivity contribution in [2.24, 2.45) is 4.99 Å². The van der Waals surface area contributed by atoms with Gasteiger partial charge in [-0.3, -0.25) is 9.79 Å². The van der Waals surface area contributed by atoms with E-state index in [1.807, 2.05) is 30.3 Å². The first-order chi connectivity index (χ1) is 9.61. The Kier molecular flexibility index (Phi) is 4.79. The molecule has 106 valence electrons. The Balaban J connectivity index is 2.00. The molecule has 0 saturated carbocycles. The van der Waals surface area contributed by atoms with Crippen molar-refractivity contribution in [2.75, 3.05) is 12.9 Å². The van der Waals surface area contributed by atoms with Crippen LogP contribution in [0.15, 0.2) is 35.3 Å². The SMILES string of the molecule is COC(=O)C(C)NC(=O)C1CSC(c2ccccc2)=N1. The summed E-state index contributed by atoms with van der Waals surface area (Å²) in [5, 5.41) is 3.47. The van der Waals surface area contributed by atoms with Crippen LogP contribution in [-0.2, 0) is 14.3 Å². The molecule has 1 aromatic rings. The van der Waals surface area contributed by atoms with E-state index in [9.17, 15) is 9.59 Å². The first-order valence-electron chi connectivity index (χ1n) is 6.26. The largest absolute Gasteiger partial charge is 0.467 e. The topological polar surface area (TPSA) is 67.8 Å². The smallest absolute Gasteiger partial charge is 0.328 e. The third-order valence-electron chi connectivity index (χ3n) is 2.89. The van der Waals surface area contributed by atoms with Crippen LogP contribution in [0.2, 0.25) is 0 Å². The molecule has 6 heteroatoms. The Bertz CT molecular complexity index is 530. The van der Waals surface area contributed by atoms with Gasteiger partial charge in [0.15, 0.2) is 0 Å². The van der Waals surface area contributed by atoms with E-state index in [0.717, 1.165) is 10.6 Å². The van der Waals surface area contributed by atoms with Crippen molar-refractivity contribution < 1.29 is 14.3 Å². The van der Waals surface area contributed by atoms with Gasteiger partial charge in [-0.25, -0.2) is 4.79 Å². The number of nitrogens with zero attached hydrogens (tertiary/aromatic N) is 1. The maximum absolute atomic E-state index is 12.0. The summed E-state index contributed by atoms with van der Waals surface area (Å²) in [6, 6.07) is 8.62. The molecule has 0 radical (unpaired) electrons. The number of esters is 1. The third-order valence-corrected chi connectivity index (χ3v) is 3.98. The summed E-state index contributed by atoms with van der Waals surface area (Å²) in [6.45, 7) is 1.59. The minimum absolute atomic E-state index is 0.249. The zero-order valence-corrected chi connectivity index (χ0v) is 12.1. The molecule has 1 aliphatic rings. The fourth-order valence-corrected chi connectivity index (χ4v) is 2.84. The highest BCUT2D eigenvalue weighted by Gasteiger charge is 2.27. The molecule has 1 amide bonds. The number of carbonyl (C=O) groups excluding carboxylic acids is 2. The first-order valence-corrected chi connectivity index (χ1v) is 7.24. The van der Waals surface area contributed by atoms with Gasteiger partial charge in [0.1, 0.15) is 12.1 Å². The second-order valence-electron chi connectivity index (χ2n) is 4.38. The van der Waals surface area contributed by atoms with Crippen LogP contribution in [0.3, 0.4) is 0 Å². The second kappa shape index (κ2) is 6.56. The fourth-order valence-electron chi connectivity index (χ4n) is 1.79. The van der Waals surface area contributed by atoms with E-state index in [1.165, 1.54) is 7.11 Å². The number of amides is 1. The highest BCUT2D eigenvalue weighted by molar-refractivity contribution is 8.14. The lowest BCUT2D eigenvalue weighted by molar-refractivity contribution is -0.144. The quantitative estimate of drug-likeness (QED) is 0.848. The highest BCUT2D eigenvalue weighted by atomic mass is 32.2. The van der Waals surface area contributed by atoms with Crippen molar-refractivity contribution in [3.05, 3.63) is 35.9 Å². The number of hydrogen-bond donors (Lipinski definition) is 1. The van der Waals surface area contributed by atoms with Crippen LogP contribution in [-0.4, -0.2) is 41.9 Å². The number of nitrogens with one attached hydrogen (secondary N) is 1. The summed E-state index contributed by atoms with van der Waals surface area (Å²) in [7, 11) is 1.29. The van der Waals surface area contributed by atoms with Gasteiger partial charge >= 0.3 is 5.97 Å². The Morgan fingerprint density at radius 1 is 1.40 bits per heavy atom. The predicted molar refractivity (Wildman–Crippen MR) is 78.8 cm³/mol. The average molecular weight is 292 g/mol. The maximum Gasteiger partial charge on any atom is 0.328 e. The van der Waals surface area contributed by atoms with Gasteiger partial charge in [0, 0.05) is 11.3 Å². The molecule has 1 aliphatic heterocycles. The molecular weight excluding hydrogens is 276 g/mol. The number of aliphatic imine (C=N–C) groups is 1. The minimum atomic E-state index is -0.659. The zero-order chi connectivity index (χ0) is 14.5. The average Bonchev–Trinajstić information content (AvgIpc) is 2.97. The number of ether oxygens (including phenoxy) is 1. The van der Waals surface area contributed by atoms with Crippen molar-refractivity contribution in [3.8, 4) is 0 Å². The van der Waals surface area contributed by atoms with Crippen molar-refractivity contribution >= 4 is 28.7 Å². The van der Waals surface area contributed by atoms with E-state index in [2.05, 4.69) is 15.0 Å². The molecule has 2 rings (SSSR count). The Morgan fingerprint density at radius 2 is 2.10 bits per heavy atom. The number of benzene rings is 1. The Labute approximate surface area is 121 Å². The summed E-state index contributed by atoms with van der Waals surface area (Å²) in [5.74, 6) is -0.123. The van der Waals surface area contributed by atoms with Gasteiger partial charge in [0.25, 0.3) is 0 Å². The molecule has 0 aromatic heterocycles. The summed E-state index contributed by atoms with van der Waals surface area (Å²) in [5.41, 5.74) is 1.01. The van der Waals surface area contributed by atoms with Crippen LogP contribution in [0.1, 0.15) is 12.5 Å². The van der Waals surface area contributed by atoms with Crippen LogP contribution in [0.4, 0.5) is 0 Å². The molecule has 0 fully saturated rings. The molecule has 20 heavy (non-hydrogen) atoms. The monoisotopic (exact) mass is 292 g/mol. The molecule has 2 atom stereocenters. The summed E-state index contributed by atoms with van der Waals surface area (Å²) in [6.07, 6.45) is 0. The Hall–Kier alpha value is -1.82. The van der Waals surface area contributed by atoms with E-state index in [4.69, 9.17) is 0 Å². The molecule has 1 aromatic carbocycles. The fraction of sp³-hybridized carbons (Fsp3) is 0.357. The lowest BCUT2D eigenvalue weighted by atomic mass is 10.2. The number of hydrogen-bond acceptors (Lipinski definition) is 5. The van der Waals surface area contributed by atoms with E-state index >= 15 is 0 Å². The molecule has 0 saturated heterocycles. The van der Waals surface area contributed by atoms with Gasteiger partial charge in [-0.2, -0.15) is 0 Å². The standard InChI is InChI=1S/C14H16N2O3S/c1-9(14(18)19-2)15-12(17)11-8-20-13(16-11)10-6-4-3-5-7-10/h3-7,9,11H,8H2,1-2H3,(H,15,17). The van der Waals surface area contributed by atoms with E-state index < -0.39 is 18.1 Å². The van der Waals surface area contributed by atoms with Crippen molar-refractivity contribution in [1.82, 2.24) is 5.32 Å². The Morgan fingerprint density at radius 3 is 2.75 bits per heavy atom. The maximum atomic E-state index is 12.0. The van der Waals surface area contributed by atoms with Crippen LogP contribution < -0.4 is 5.32 Å². The number of carbonyl (C=O) groups is 2. The molecule has 1 N–H and O–H groups in total. The molecular formula is C14H16N2O3S. The van der Waals surface area contributed by atoms with Crippen molar-refractivity contribution in [2.45, 2.75) is 19.0 Å². The normalized spacial score (nSPS) is 19.1. The van der Waals surface area contributed by atoms with Gasteiger partial charge in [0.2, 0.25) is 5.91 Å². The van der Waals surface area contributed by atoms with Gasteiger partial charge in [-0.15, -0.1) is 11.8 Å². The molecule has 5 nitrogen and oxygen atoms in total. The van der Waals surface area contributed by atoms with Crippen LogP contribution in [0, 0.1) is 0 Å². The summed E-state index contributed by atoms with van der Waals surface area (Å²) < 4.78 is 4.57. The number of thioether (sulfide) groups is 1.